The van der Waals surface area contributed by atoms with Gasteiger partial charge in [-0.2, -0.15) is 5.10 Å². The van der Waals surface area contributed by atoms with E-state index in [0.29, 0.717) is 5.56 Å². The van der Waals surface area contributed by atoms with Crippen molar-refractivity contribution in [1.29, 1.82) is 0 Å². The van der Waals surface area contributed by atoms with Crippen LogP contribution in [0.5, 0.6) is 5.75 Å². The summed E-state index contributed by atoms with van der Waals surface area (Å²) in [5.41, 5.74) is 3.22. The first-order valence-electron chi connectivity index (χ1n) is 6.66. The Hall–Kier alpha value is -2.37. The molecule has 0 saturated heterocycles. The van der Waals surface area contributed by atoms with Crippen LogP contribution in [0.4, 0.5) is 4.39 Å². The Kier molecular flexibility index (Phi) is 4.26. The highest BCUT2D eigenvalue weighted by Gasteiger charge is 2.16. The van der Waals surface area contributed by atoms with Crippen LogP contribution >= 0.6 is 0 Å². The summed E-state index contributed by atoms with van der Waals surface area (Å²) in [6.45, 7) is 5.64. The van der Waals surface area contributed by atoms with E-state index in [1.54, 1.807) is 0 Å². The predicted octanol–water partition coefficient (Wildman–Crippen LogP) is 2.29. The monoisotopic (exact) mass is 291 g/mol. The number of aryl methyl sites for hydroxylation is 2. The van der Waals surface area contributed by atoms with Crippen molar-refractivity contribution in [1.82, 2.24) is 15.5 Å². The number of rotatable bonds is 4. The van der Waals surface area contributed by atoms with Crippen LogP contribution in [0.2, 0.25) is 0 Å². The average Bonchev–Trinajstić information content (AvgIpc) is 2.73. The fourth-order valence-corrected chi connectivity index (χ4v) is 2.41. The zero-order valence-corrected chi connectivity index (χ0v) is 12.2. The molecule has 3 N–H and O–H groups in total. The van der Waals surface area contributed by atoms with E-state index in [9.17, 15) is 9.18 Å². The second kappa shape index (κ2) is 5.95. The van der Waals surface area contributed by atoms with Crippen LogP contribution in [0.1, 0.15) is 35.5 Å². The van der Waals surface area contributed by atoms with E-state index < -0.39 is 11.6 Å². The summed E-state index contributed by atoms with van der Waals surface area (Å²) in [7, 11) is 0. The minimum Gasteiger partial charge on any atom is -0.505 e. The van der Waals surface area contributed by atoms with Gasteiger partial charge in [-0.3, -0.25) is 9.89 Å². The number of carbonyl (C=O) groups is 1. The van der Waals surface area contributed by atoms with Gasteiger partial charge in [-0.15, -0.1) is 0 Å². The van der Waals surface area contributed by atoms with Crippen LogP contribution in [0.25, 0.3) is 0 Å². The van der Waals surface area contributed by atoms with E-state index in [4.69, 9.17) is 5.11 Å². The van der Waals surface area contributed by atoms with E-state index >= 15 is 0 Å². The number of H-pyrrole nitrogens is 1. The van der Waals surface area contributed by atoms with Gasteiger partial charge >= 0.3 is 0 Å². The zero-order chi connectivity index (χ0) is 15.6. The summed E-state index contributed by atoms with van der Waals surface area (Å²) in [5.74, 6) is -1.36. The van der Waals surface area contributed by atoms with Gasteiger partial charge in [-0.25, -0.2) is 4.39 Å². The number of nitrogens with one attached hydrogen (secondary N) is 2. The van der Waals surface area contributed by atoms with Gasteiger partial charge in [0.1, 0.15) is 0 Å². The first-order valence-corrected chi connectivity index (χ1v) is 6.66. The number of phenols is 1. The van der Waals surface area contributed by atoms with Gasteiger partial charge in [0.05, 0.1) is 18.2 Å². The maximum absolute atomic E-state index is 13.2. The van der Waals surface area contributed by atoms with Crippen molar-refractivity contribution >= 4 is 5.91 Å². The molecule has 1 unspecified atom stereocenters. The van der Waals surface area contributed by atoms with Crippen molar-refractivity contribution < 1.29 is 14.3 Å². The number of hydrogen-bond donors (Lipinski definition) is 3. The molecule has 0 bridgehead atoms. The van der Waals surface area contributed by atoms with Crippen molar-refractivity contribution in [3.63, 3.8) is 0 Å². The highest BCUT2D eigenvalue weighted by molar-refractivity contribution is 5.79. The largest absolute Gasteiger partial charge is 0.505 e. The molecular formula is C15H18FN3O2. The Labute approximate surface area is 122 Å². The number of benzene rings is 1. The van der Waals surface area contributed by atoms with Crippen LogP contribution in [-0.4, -0.2) is 21.2 Å². The van der Waals surface area contributed by atoms with Crippen LogP contribution in [-0.2, 0) is 11.2 Å². The van der Waals surface area contributed by atoms with Gasteiger partial charge in [0, 0.05) is 11.3 Å². The minimum atomic E-state index is -0.727. The third-order valence-electron chi connectivity index (χ3n) is 3.37. The molecule has 0 saturated carbocycles. The van der Waals surface area contributed by atoms with E-state index in [1.807, 2.05) is 20.8 Å². The Morgan fingerprint density at radius 3 is 2.76 bits per heavy atom. The fraction of sp³-hybridized carbons (Fsp3) is 0.333. The molecule has 0 fully saturated rings. The topological polar surface area (TPSA) is 78.0 Å². The third-order valence-corrected chi connectivity index (χ3v) is 3.37. The number of halogens is 1. The molecule has 6 heteroatoms. The third kappa shape index (κ3) is 3.39. The minimum absolute atomic E-state index is 0.0531. The number of nitrogens with zero attached hydrogens (tertiary/aromatic N) is 1. The summed E-state index contributed by atoms with van der Waals surface area (Å²) < 4.78 is 13.2. The summed E-state index contributed by atoms with van der Waals surface area (Å²) in [6.07, 6.45) is 0.0531. The first-order chi connectivity index (χ1) is 9.88. The molecule has 112 valence electrons. The molecule has 1 aromatic heterocycles. The van der Waals surface area contributed by atoms with Crippen molar-refractivity contribution in [2.75, 3.05) is 0 Å². The maximum Gasteiger partial charge on any atom is 0.224 e. The number of carbonyl (C=O) groups excluding carboxylic acids is 1. The van der Waals surface area contributed by atoms with E-state index in [1.165, 1.54) is 12.1 Å². The molecule has 5 nitrogen and oxygen atoms in total. The Morgan fingerprint density at radius 2 is 2.19 bits per heavy atom. The molecule has 0 aliphatic carbocycles. The predicted molar refractivity (Wildman–Crippen MR) is 76.4 cm³/mol. The quantitative estimate of drug-likeness (QED) is 0.808. The van der Waals surface area contributed by atoms with Crippen LogP contribution in [0.3, 0.4) is 0 Å². The fourth-order valence-electron chi connectivity index (χ4n) is 2.41. The molecule has 1 atom stereocenters. The lowest BCUT2D eigenvalue weighted by atomic mass is 10.1. The SMILES string of the molecule is Cc1n[nH]c(C)c1C(C)NC(=O)Cc1ccc(O)c(F)c1. The van der Waals surface area contributed by atoms with E-state index in [0.717, 1.165) is 23.0 Å². The van der Waals surface area contributed by atoms with Gasteiger partial charge in [0.25, 0.3) is 0 Å². The standard InChI is InChI=1S/C15H18FN3O2/c1-8(15-9(2)18-19-10(15)3)17-14(21)7-11-4-5-13(20)12(16)6-11/h4-6,8,20H,7H2,1-3H3,(H,17,21)(H,18,19). The first kappa shape index (κ1) is 15.0. The Bertz CT molecular complexity index is 647. The van der Waals surface area contributed by atoms with Gasteiger partial charge in [0.15, 0.2) is 11.6 Å². The molecule has 0 spiro atoms. The summed E-state index contributed by atoms with van der Waals surface area (Å²) in [6, 6.07) is 3.75. The molecule has 0 aliphatic heterocycles. The molecule has 2 aromatic rings. The van der Waals surface area contributed by atoms with Gasteiger partial charge < -0.3 is 10.4 Å². The van der Waals surface area contributed by atoms with Crippen LogP contribution in [0.15, 0.2) is 18.2 Å². The molecular weight excluding hydrogens is 273 g/mol. The summed E-state index contributed by atoms with van der Waals surface area (Å²) >= 11 is 0. The number of phenolic OH excluding ortho intramolecular Hbond substituents is 1. The van der Waals surface area contributed by atoms with Crippen LogP contribution in [0, 0.1) is 19.7 Å². The molecule has 1 heterocycles. The van der Waals surface area contributed by atoms with Crippen LogP contribution < -0.4 is 5.32 Å². The Balaban J connectivity index is 2.03. The number of aromatic nitrogens is 2. The summed E-state index contributed by atoms with van der Waals surface area (Å²) in [4.78, 5) is 12.0. The van der Waals surface area contributed by atoms with E-state index in [2.05, 4.69) is 15.5 Å². The van der Waals surface area contributed by atoms with Crippen molar-refractivity contribution in [3.05, 3.63) is 46.5 Å². The zero-order valence-electron chi connectivity index (χ0n) is 12.2. The smallest absolute Gasteiger partial charge is 0.224 e. The molecule has 0 radical (unpaired) electrons. The highest BCUT2D eigenvalue weighted by Crippen LogP contribution is 2.20. The summed E-state index contributed by atoms with van der Waals surface area (Å²) in [5, 5.41) is 19.0. The van der Waals surface area contributed by atoms with Crippen molar-refractivity contribution in [2.45, 2.75) is 33.2 Å². The van der Waals surface area contributed by atoms with E-state index in [-0.39, 0.29) is 18.4 Å². The molecule has 2 rings (SSSR count). The number of aromatic amines is 1. The second-order valence-corrected chi connectivity index (χ2v) is 5.10. The molecule has 0 aliphatic rings. The number of hydrogen-bond acceptors (Lipinski definition) is 3. The number of aromatic hydroxyl groups is 1. The normalized spacial score (nSPS) is 12.2. The Morgan fingerprint density at radius 1 is 1.48 bits per heavy atom. The lowest BCUT2D eigenvalue weighted by Gasteiger charge is -2.14. The lowest BCUT2D eigenvalue weighted by molar-refractivity contribution is -0.121. The number of amides is 1. The van der Waals surface area contributed by atoms with Crippen molar-refractivity contribution in [3.8, 4) is 5.75 Å². The average molecular weight is 291 g/mol. The van der Waals surface area contributed by atoms with Gasteiger partial charge in [0.2, 0.25) is 5.91 Å². The molecule has 1 aromatic carbocycles. The highest BCUT2D eigenvalue weighted by atomic mass is 19.1. The van der Waals surface area contributed by atoms with Crippen molar-refractivity contribution in [2.24, 2.45) is 0 Å². The lowest BCUT2D eigenvalue weighted by Crippen LogP contribution is -2.28. The van der Waals surface area contributed by atoms with Gasteiger partial charge in [-0.05, 0) is 38.5 Å². The molecule has 21 heavy (non-hydrogen) atoms. The second-order valence-electron chi connectivity index (χ2n) is 5.10. The van der Waals surface area contributed by atoms with Gasteiger partial charge in [-0.1, -0.05) is 6.07 Å². The maximum atomic E-state index is 13.2. The molecule has 1 amide bonds.